The number of likely N-dealkylation sites (N-methyl/N-ethyl adjacent to an activating group) is 1. The van der Waals surface area contributed by atoms with Crippen molar-refractivity contribution in [1.29, 1.82) is 0 Å². The van der Waals surface area contributed by atoms with Crippen LogP contribution in [0.1, 0.15) is 70.6 Å². The van der Waals surface area contributed by atoms with Crippen LogP contribution in [0.25, 0.3) is 11.3 Å². The number of nitrogens with one attached hydrogen (secondary N) is 2. The fourth-order valence-corrected chi connectivity index (χ4v) is 5.35. The summed E-state index contributed by atoms with van der Waals surface area (Å²) in [5.74, 6) is -0.541. The standard InChI is InChI=1S/C38H47FN6O3/c1-10-12-27(38(4,5)6)17-15-23(2)33(25-13-11-14-25)42-34-24(3)28(18-19-29(34)39)30-21-31(36(47)45(9)43-30)41-32-20-16-26(22-40-32)35(46)37(48)44(7)8/h12,15-22,35,42,46H,2,10-11,13-14H2,1,3-9H3,(H,40,41)/b17-15-,27-12+. The van der Waals surface area contributed by atoms with Crippen LogP contribution in [-0.2, 0) is 11.8 Å². The Morgan fingerprint density at radius 2 is 1.90 bits per heavy atom. The van der Waals surface area contributed by atoms with Gasteiger partial charge >= 0.3 is 0 Å². The molecule has 0 aliphatic heterocycles. The number of aliphatic hydroxyl groups excluding tert-OH is 1. The maximum Gasteiger partial charge on any atom is 0.290 e. The Bertz CT molecular complexity index is 1840. The molecule has 48 heavy (non-hydrogen) atoms. The first-order chi connectivity index (χ1) is 22.6. The molecule has 4 rings (SSSR count). The summed E-state index contributed by atoms with van der Waals surface area (Å²) in [6, 6.07) is 7.80. The summed E-state index contributed by atoms with van der Waals surface area (Å²) in [6.07, 6.45) is 10.2. The van der Waals surface area contributed by atoms with E-state index in [9.17, 15) is 14.7 Å². The van der Waals surface area contributed by atoms with Gasteiger partial charge in [0, 0.05) is 44.2 Å². The fourth-order valence-electron chi connectivity index (χ4n) is 5.35. The zero-order chi connectivity index (χ0) is 35.3. The van der Waals surface area contributed by atoms with Gasteiger partial charge in [0.1, 0.15) is 17.3 Å². The van der Waals surface area contributed by atoms with Crippen molar-refractivity contribution in [1.82, 2.24) is 19.7 Å². The molecule has 0 bridgehead atoms. The van der Waals surface area contributed by atoms with Gasteiger partial charge in [-0.3, -0.25) is 9.59 Å². The number of hydrogen-bond acceptors (Lipinski definition) is 7. The molecule has 1 fully saturated rings. The Balaban J connectivity index is 1.66. The lowest BCUT2D eigenvalue weighted by Crippen LogP contribution is -2.28. The number of benzene rings is 1. The first-order valence-corrected chi connectivity index (χ1v) is 16.2. The number of halogens is 1. The molecule has 1 amide bonds. The molecular formula is C38H47FN6O3. The molecule has 0 spiro atoms. The Morgan fingerprint density at radius 3 is 2.46 bits per heavy atom. The van der Waals surface area contributed by atoms with Crippen molar-refractivity contribution >= 4 is 23.1 Å². The molecule has 0 radical (unpaired) electrons. The second-order valence-corrected chi connectivity index (χ2v) is 13.3. The number of amides is 1. The second-order valence-electron chi connectivity index (χ2n) is 13.3. The van der Waals surface area contributed by atoms with E-state index in [4.69, 9.17) is 0 Å². The maximum absolute atomic E-state index is 15.5. The third-order valence-electron chi connectivity index (χ3n) is 8.43. The lowest BCUT2D eigenvalue weighted by atomic mass is 9.84. The van der Waals surface area contributed by atoms with E-state index in [2.05, 4.69) is 67.1 Å². The summed E-state index contributed by atoms with van der Waals surface area (Å²) in [5.41, 5.74) is 6.19. The number of anilines is 3. The third-order valence-corrected chi connectivity index (χ3v) is 8.43. The minimum absolute atomic E-state index is 0.0219. The summed E-state index contributed by atoms with van der Waals surface area (Å²) < 4.78 is 16.8. The molecule has 1 aliphatic carbocycles. The number of pyridine rings is 1. The van der Waals surface area contributed by atoms with E-state index in [1.54, 1.807) is 45.4 Å². The highest BCUT2D eigenvalue weighted by atomic mass is 19.1. The largest absolute Gasteiger partial charge is 0.378 e. The van der Waals surface area contributed by atoms with Crippen LogP contribution in [0.2, 0.25) is 0 Å². The fraction of sp³-hybridized carbons (Fsp3) is 0.368. The average molecular weight is 655 g/mol. The van der Waals surface area contributed by atoms with Crippen LogP contribution >= 0.6 is 0 Å². The molecule has 1 atom stereocenters. The van der Waals surface area contributed by atoms with Crippen LogP contribution in [0.3, 0.4) is 0 Å². The van der Waals surface area contributed by atoms with Gasteiger partial charge in [0.15, 0.2) is 6.10 Å². The van der Waals surface area contributed by atoms with Crippen molar-refractivity contribution < 1.29 is 14.3 Å². The van der Waals surface area contributed by atoms with Crippen LogP contribution < -0.4 is 16.2 Å². The SMILES string of the molecule is C=C(/C=C\C(=C/CC)C(C)(C)C)C(Nc1c(F)ccc(-c2cc(Nc3ccc(C(O)C(=O)N(C)C)cn3)c(=O)n(C)n2)c1C)=C1CCC1. The zero-order valence-corrected chi connectivity index (χ0v) is 29.2. The molecule has 3 N–H and O–H groups in total. The van der Waals surface area contributed by atoms with E-state index in [1.807, 2.05) is 13.0 Å². The monoisotopic (exact) mass is 654 g/mol. The number of rotatable bonds is 11. The number of carbonyl (C=O) groups is 1. The van der Waals surface area contributed by atoms with Crippen LogP contribution in [0, 0.1) is 18.2 Å². The molecule has 0 saturated heterocycles. The van der Waals surface area contributed by atoms with Crippen molar-refractivity contribution in [2.45, 2.75) is 66.4 Å². The van der Waals surface area contributed by atoms with Crippen LogP contribution in [-0.4, -0.2) is 44.8 Å². The molecule has 2 aromatic heterocycles. The van der Waals surface area contributed by atoms with Crippen molar-refractivity contribution in [2.24, 2.45) is 12.5 Å². The van der Waals surface area contributed by atoms with Crippen LogP contribution in [0.15, 0.2) is 88.5 Å². The summed E-state index contributed by atoms with van der Waals surface area (Å²) >= 11 is 0. The Morgan fingerprint density at radius 1 is 1.19 bits per heavy atom. The van der Waals surface area contributed by atoms with E-state index in [-0.39, 0.29) is 11.1 Å². The minimum Gasteiger partial charge on any atom is -0.378 e. The molecule has 1 unspecified atom stereocenters. The zero-order valence-electron chi connectivity index (χ0n) is 29.2. The molecule has 1 aromatic carbocycles. The first-order valence-electron chi connectivity index (χ1n) is 16.2. The number of nitrogens with zero attached hydrogens (tertiary/aromatic N) is 4. The first kappa shape index (κ1) is 36.0. The van der Waals surface area contributed by atoms with E-state index in [0.29, 0.717) is 33.9 Å². The molecule has 9 nitrogen and oxygen atoms in total. The highest BCUT2D eigenvalue weighted by molar-refractivity contribution is 5.81. The van der Waals surface area contributed by atoms with Crippen LogP contribution in [0.5, 0.6) is 0 Å². The third kappa shape index (κ3) is 8.17. The average Bonchev–Trinajstić information content (AvgIpc) is 3.00. The minimum atomic E-state index is -1.35. The highest BCUT2D eigenvalue weighted by Crippen LogP contribution is 2.37. The van der Waals surface area contributed by atoms with Crippen molar-refractivity contribution in [3.05, 3.63) is 111 Å². The summed E-state index contributed by atoms with van der Waals surface area (Å²) in [4.78, 5) is 30.8. The van der Waals surface area contributed by atoms with E-state index in [1.165, 1.54) is 33.0 Å². The second kappa shape index (κ2) is 14.9. The molecule has 254 valence electrons. The molecule has 3 aromatic rings. The number of hydrogen-bond donors (Lipinski definition) is 3. The molecule has 1 saturated carbocycles. The highest BCUT2D eigenvalue weighted by Gasteiger charge is 2.22. The van der Waals surface area contributed by atoms with E-state index >= 15 is 4.39 Å². The Hall–Kier alpha value is -4.83. The van der Waals surface area contributed by atoms with Gasteiger partial charge in [0.25, 0.3) is 11.5 Å². The van der Waals surface area contributed by atoms with Gasteiger partial charge in [0.05, 0.1) is 11.4 Å². The summed E-state index contributed by atoms with van der Waals surface area (Å²) in [6.45, 7) is 14.8. The van der Waals surface area contributed by atoms with Crippen molar-refractivity contribution in [3.8, 4) is 11.3 Å². The molecule has 1 aliphatic rings. The lowest BCUT2D eigenvalue weighted by molar-refractivity contribution is -0.137. The normalized spacial score (nSPS) is 14.0. The van der Waals surface area contributed by atoms with Crippen molar-refractivity contribution in [2.75, 3.05) is 24.7 Å². The maximum atomic E-state index is 15.5. The smallest absolute Gasteiger partial charge is 0.290 e. The van der Waals surface area contributed by atoms with Gasteiger partial charge in [0.2, 0.25) is 0 Å². The number of carbonyl (C=O) groups excluding carboxylic acids is 1. The summed E-state index contributed by atoms with van der Waals surface area (Å²) in [7, 11) is 4.66. The van der Waals surface area contributed by atoms with Crippen molar-refractivity contribution in [3.63, 3.8) is 0 Å². The summed E-state index contributed by atoms with van der Waals surface area (Å²) in [5, 5.41) is 21.2. The van der Waals surface area contributed by atoms with Gasteiger partial charge in [-0.15, -0.1) is 0 Å². The predicted octanol–water partition coefficient (Wildman–Crippen LogP) is 7.50. The van der Waals surface area contributed by atoms with Gasteiger partial charge in [-0.25, -0.2) is 14.1 Å². The van der Waals surface area contributed by atoms with Gasteiger partial charge in [-0.05, 0) is 84.6 Å². The van der Waals surface area contributed by atoms with Gasteiger partial charge in [-0.2, -0.15) is 5.10 Å². The number of aliphatic hydroxyl groups is 1. The number of aromatic nitrogens is 3. The quantitative estimate of drug-likeness (QED) is 0.184. The van der Waals surface area contributed by atoms with Crippen LogP contribution in [0.4, 0.5) is 21.6 Å². The molecule has 10 heteroatoms. The number of allylic oxidation sites excluding steroid dienone is 5. The van der Waals surface area contributed by atoms with Gasteiger partial charge in [-0.1, -0.05) is 58.6 Å². The van der Waals surface area contributed by atoms with E-state index in [0.717, 1.165) is 37.0 Å². The Labute approximate surface area is 282 Å². The molecule has 2 heterocycles. The lowest BCUT2D eigenvalue weighted by Gasteiger charge is -2.26. The van der Waals surface area contributed by atoms with Gasteiger partial charge < -0.3 is 20.6 Å². The molecular weight excluding hydrogens is 607 g/mol. The Kier molecular flexibility index (Phi) is 11.2. The number of aryl methyl sites for hydroxylation is 1. The van der Waals surface area contributed by atoms with E-state index < -0.39 is 23.4 Å². The predicted molar refractivity (Wildman–Crippen MR) is 191 cm³/mol. The topological polar surface area (TPSA) is 112 Å².